The molecule has 2 amide bonds. The normalized spacial score (nSPS) is 22.2. The van der Waals surface area contributed by atoms with Crippen LogP contribution in [0, 0.1) is 5.41 Å². The Hall–Kier alpha value is -4.36. The molecule has 4 N–H and O–H groups in total. The maximum Gasteiger partial charge on any atom is 0.313 e. The van der Waals surface area contributed by atoms with Crippen LogP contribution in [-0.2, 0) is 14.4 Å². The van der Waals surface area contributed by atoms with Gasteiger partial charge in [-0.15, -0.1) is 38.4 Å². The quantitative estimate of drug-likeness (QED) is 0.0980. The van der Waals surface area contributed by atoms with Gasteiger partial charge >= 0.3 is 5.97 Å². The first-order chi connectivity index (χ1) is 19.8. The van der Waals surface area contributed by atoms with Gasteiger partial charge in [-0.3, -0.25) is 14.4 Å². The highest BCUT2D eigenvalue weighted by Crippen LogP contribution is 2.44. The van der Waals surface area contributed by atoms with Crippen LogP contribution in [-0.4, -0.2) is 97.6 Å². The maximum absolute atomic E-state index is 13.2. The predicted molar refractivity (Wildman–Crippen MR) is 147 cm³/mol. The van der Waals surface area contributed by atoms with Crippen molar-refractivity contribution in [3.63, 3.8) is 0 Å². The fourth-order valence-corrected chi connectivity index (χ4v) is 7.28. The van der Waals surface area contributed by atoms with Crippen molar-refractivity contribution in [2.24, 2.45) is 10.6 Å². The molecule has 0 aliphatic carbocycles. The molecular weight excluding hydrogens is 595 g/mol. The van der Waals surface area contributed by atoms with Crippen LogP contribution in [0.3, 0.4) is 0 Å². The molecule has 0 saturated carbocycles. The van der Waals surface area contributed by atoms with Crippen LogP contribution in [0.1, 0.15) is 5.82 Å². The number of hydrogen-bond donors (Lipinski definition) is 3. The average Bonchev–Trinajstić information content (AvgIpc) is 3.63. The summed E-state index contributed by atoms with van der Waals surface area (Å²) in [7, 11) is 0. The number of anilines is 1. The van der Waals surface area contributed by atoms with Crippen LogP contribution < -0.4 is 15.9 Å². The van der Waals surface area contributed by atoms with Crippen LogP contribution in [0.4, 0.5) is 5.13 Å². The predicted octanol–water partition coefficient (Wildman–Crippen LogP) is -0.000700. The second kappa shape index (κ2) is 10.9. The molecule has 6 rings (SSSR count). The summed E-state index contributed by atoms with van der Waals surface area (Å²) < 4.78 is 5.30. The third-order valence-electron chi connectivity index (χ3n) is 6.28. The molecule has 19 heteroatoms. The summed E-state index contributed by atoms with van der Waals surface area (Å²) in [5.74, 6) is -1.46. The lowest BCUT2D eigenvalue weighted by Crippen LogP contribution is -2.74. The van der Waals surface area contributed by atoms with Crippen molar-refractivity contribution in [1.29, 1.82) is 0 Å². The Morgan fingerprint density at radius 3 is 2.85 bits per heavy atom. The van der Waals surface area contributed by atoms with Crippen molar-refractivity contribution < 1.29 is 24.3 Å². The molecule has 2 aliphatic rings. The number of para-hydroxylation sites is 1. The molecule has 210 valence electrons. The maximum atomic E-state index is 13.2. The van der Waals surface area contributed by atoms with Gasteiger partial charge in [0.25, 0.3) is 5.91 Å². The van der Waals surface area contributed by atoms with Gasteiger partial charge in [0, 0.05) is 29.6 Å². The minimum atomic E-state index is -1.23. The number of nitrogens with two attached hydrogens (primary N) is 1. The molecule has 3 aromatic heterocycles. The molecule has 0 bridgehead atoms. The van der Waals surface area contributed by atoms with Crippen LogP contribution in [0.25, 0.3) is 5.65 Å². The second-order valence-electron chi connectivity index (χ2n) is 8.99. The molecule has 0 radical (unpaired) electrons. The largest absolute Gasteiger partial charge is 0.481 e. The number of aromatic nitrogens is 7. The van der Waals surface area contributed by atoms with E-state index >= 15 is 0 Å². The first-order valence-corrected chi connectivity index (χ1v) is 14.7. The summed E-state index contributed by atoms with van der Waals surface area (Å²) in [6, 6.07) is 11.1. The molecule has 2 saturated heterocycles. The summed E-state index contributed by atoms with van der Waals surface area (Å²) in [5.41, 5.74) is 4.67. The van der Waals surface area contributed by atoms with Crippen molar-refractivity contribution >= 4 is 69.3 Å². The van der Waals surface area contributed by atoms with Crippen molar-refractivity contribution in [1.82, 2.24) is 44.8 Å². The molecule has 3 atom stereocenters. The fraction of sp³-hybridized carbons (Fsp3) is 0.273. The number of hydrogen-bond acceptors (Lipinski definition) is 15. The average molecular weight is 614 g/mol. The van der Waals surface area contributed by atoms with Crippen LogP contribution in [0.2, 0.25) is 0 Å². The monoisotopic (exact) mass is 613 g/mol. The Kier molecular flexibility index (Phi) is 7.14. The van der Waals surface area contributed by atoms with E-state index in [4.69, 9.17) is 10.6 Å². The van der Waals surface area contributed by atoms with Gasteiger partial charge in [0.15, 0.2) is 16.5 Å². The van der Waals surface area contributed by atoms with Gasteiger partial charge in [-0.1, -0.05) is 23.4 Å². The van der Waals surface area contributed by atoms with E-state index in [1.54, 1.807) is 42.5 Å². The highest BCUT2D eigenvalue weighted by molar-refractivity contribution is 8.00. The van der Waals surface area contributed by atoms with Crippen molar-refractivity contribution in [3.8, 4) is 5.75 Å². The number of rotatable bonds is 9. The number of carboxylic acids is 1. The molecular formula is C22H19N11O5S3. The fourth-order valence-electron chi connectivity index (χ4n) is 4.13. The molecule has 1 aromatic carbocycles. The number of nitrogens with zero attached hydrogens (tertiary/aromatic N) is 9. The molecule has 41 heavy (non-hydrogen) atoms. The zero-order valence-electron chi connectivity index (χ0n) is 20.7. The lowest BCUT2D eigenvalue weighted by atomic mass is 9.89. The lowest BCUT2D eigenvalue weighted by Gasteiger charge is -2.53. The number of carbonyl (C=O) groups is 3. The number of carbonyl (C=O) groups excluding carboxylic acids is 2. The molecule has 16 nitrogen and oxygen atoms in total. The third kappa shape index (κ3) is 5.25. The van der Waals surface area contributed by atoms with Gasteiger partial charge in [-0.25, -0.2) is 0 Å². The third-order valence-corrected chi connectivity index (χ3v) is 9.62. The summed E-state index contributed by atoms with van der Waals surface area (Å²) >= 11 is 3.40. The molecule has 2 fully saturated rings. The van der Waals surface area contributed by atoms with Gasteiger partial charge < -0.3 is 25.9 Å². The number of fused-ring (bicyclic) bond motifs is 2. The Labute approximate surface area is 242 Å². The molecule has 5 heterocycles. The standard InChI is InChI=1S/C22H19N11O5S3/c23-21-25-16(29-41-21)14(28-38-11-4-2-1-3-5-11)17(34)24-15-18(35)32-8-22(20(36)37,10-40-19(15)32)9-39-13-7-6-12-26-30-31-33(12)27-13/h1-7,15,19H,8-10H2,(H,24,34)(H,36,37)(H2,23,25,29)/t15?,19-,22?/m1/s1. The van der Waals surface area contributed by atoms with E-state index in [1.807, 2.05) is 0 Å². The Balaban J connectivity index is 1.13. The zero-order valence-corrected chi connectivity index (χ0v) is 23.2. The topological polar surface area (TPSA) is 216 Å². The minimum absolute atomic E-state index is 0.0203. The first kappa shape index (κ1) is 26.8. The number of tetrazole rings is 1. The first-order valence-electron chi connectivity index (χ1n) is 11.9. The van der Waals surface area contributed by atoms with E-state index in [2.05, 4.69) is 40.5 Å². The number of amides is 2. The summed E-state index contributed by atoms with van der Waals surface area (Å²) in [6.45, 7) is -0.0203. The highest BCUT2D eigenvalue weighted by Gasteiger charge is 2.57. The number of thioether (sulfide) groups is 2. The number of carboxylic acid groups (broad SMARTS) is 1. The number of nitrogen functional groups attached to an aromatic ring is 1. The van der Waals surface area contributed by atoms with Crippen LogP contribution in [0.15, 0.2) is 52.6 Å². The van der Waals surface area contributed by atoms with E-state index in [0.29, 0.717) is 16.4 Å². The van der Waals surface area contributed by atoms with Crippen molar-refractivity contribution in [2.75, 3.05) is 23.8 Å². The Bertz CT molecular complexity index is 1660. The minimum Gasteiger partial charge on any atom is -0.481 e. The van der Waals surface area contributed by atoms with Gasteiger partial charge in [0.05, 0.1) is 0 Å². The van der Waals surface area contributed by atoms with Gasteiger partial charge in [0.1, 0.15) is 21.9 Å². The highest BCUT2D eigenvalue weighted by atomic mass is 32.2. The second-order valence-corrected chi connectivity index (χ2v) is 11.9. The van der Waals surface area contributed by atoms with Gasteiger partial charge in [-0.05, 0) is 34.7 Å². The van der Waals surface area contributed by atoms with Crippen molar-refractivity contribution in [2.45, 2.75) is 16.4 Å². The van der Waals surface area contributed by atoms with E-state index in [-0.39, 0.29) is 34.7 Å². The van der Waals surface area contributed by atoms with E-state index < -0.39 is 34.6 Å². The number of oxime groups is 1. The van der Waals surface area contributed by atoms with E-state index in [1.165, 1.54) is 33.1 Å². The SMILES string of the molecule is Nc1nc(C(=NOc2ccccc2)C(=O)NC2C(=O)N3CC(CSc4ccc5nnnn5n4)(C(=O)O)CS[C@H]23)ns1. The molecule has 4 aromatic rings. The van der Waals surface area contributed by atoms with Crippen LogP contribution in [0.5, 0.6) is 5.75 Å². The van der Waals surface area contributed by atoms with E-state index in [0.717, 1.165) is 11.5 Å². The smallest absolute Gasteiger partial charge is 0.313 e. The van der Waals surface area contributed by atoms with Crippen molar-refractivity contribution in [3.05, 3.63) is 48.3 Å². The lowest BCUT2D eigenvalue weighted by molar-refractivity contribution is -0.157. The summed E-state index contributed by atoms with van der Waals surface area (Å²) in [4.78, 5) is 49.6. The molecule has 2 aliphatic heterocycles. The molecule has 2 unspecified atom stereocenters. The summed E-state index contributed by atoms with van der Waals surface area (Å²) in [6.07, 6.45) is 0. The molecule has 0 spiro atoms. The Morgan fingerprint density at radius 1 is 1.27 bits per heavy atom. The summed E-state index contributed by atoms with van der Waals surface area (Å²) in [5, 5.41) is 32.3. The van der Waals surface area contributed by atoms with E-state index in [9.17, 15) is 19.5 Å². The number of β-lactam (4-membered cyclic amide) rings is 1. The van der Waals surface area contributed by atoms with Gasteiger partial charge in [-0.2, -0.15) is 9.36 Å². The Morgan fingerprint density at radius 2 is 2.10 bits per heavy atom. The number of aliphatic carboxylic acids is 1. The zero-order chi connectivity index (χ0) is 28.6. The number of nitrogens with one attached hydrogen (secondary N) is 1. The number of benzene rings is 1. The van der Waals surface area contributed by atoms with Gasteiger partial charge in [0.2, 0.25) is 17.4 Å². The van der Waals surface area contributed by atoms with Crippen LogP contribution >= 0.6 is 35.1 Å².